The third kappa shape index (κ3) is 5.31. The van der Waals surface area contributed by atoms with Gasteiger partial charge in [-0.05, 0) is 44.6 Å². The van der Waals surface area contributed by atoms with E-state index in [-0.39, 0.29) is 11.9 Å². The normalized spacial score (nSPS) is 12.4. The van der Waals surface area contributed by atoms with Crippen molar-refractivity contribution < 1.29 is 4.79 Å². The van der Waals surface area contributed by atoms with Crippen molar-refractivity contribution in [3.05, 3.63) is 35.4 Å². The van der Waals surface area contributed by atoms with Gasteiger partial charge in [-0.25, -0.2) is 0 Å². The fraction of sp³-hybridized carbons (Fsp3) is 0.562. The number of hydrogen-bond acceptors (Lipinski definition) is 3. The summed E-state index contributed by atoms with van der Waals surface area (Å²) < 4.78 is 0. The van der Waals surface area contributed by atoms with Gasteiger partial charge in [0.05, 0.1) is 6.04 Å². The van der Waals surface area contributed by atoms with E-state index >= 15 is 0 Å². The van der Waals surface area contributed by atoms with Crippen molar-refractivity contribution in [3.8, 4) is 0 Å². The number of amides is 1. The Balaban J connectivity index is 2.61. The molecule has 1 unspecified atom stereocenters. The summed E-state index contributed by atoms with van der Waals surface area (Å²) in [7, 11) is 4.06. The van der Waals surface area contributed by atoms with Crippen LogP contribution >= 0.6 is 0 Å². The van der Waals surface area contributed by atoms with Crippen LogP contribution in [0.3, 0.4) is 0 Å². The van der Waals surface area contributed by atoms with E-state index in [1.807, 2.05) is 14.1 Å². The highest BCUT2D eigenvalue weighted by molar-refractivity contribution is 5.75. The van der Waals surface area contributed by atoms with Crippen LogP contribution in [0.4, 0.5) is 0 Å². The van der Waals surface area contributed by atoms with Gasteiger partial charge < -0.3 is 16.0 Å². The van der Waals surface area contributed by atoms with Crippen molar-refractivity contribution in [2.24, 2.45) is 5.73 Å². The van der Waals surface area contributed by atoms with Crippen LogP contribution in [-0.2, 0) is 11.2 Å². The molecule has 0 fully saturated rings. The predicted molar refractivity (Wildman–Crippen MR) is 83.5 cm³/mol. The highest BCUT2D eigenvalue weighted by Gasteiger charge is 2.15. The SMILES string of the molecule is CCc1ccc(C(CNC(=O)CCCN)N(C)C)cc1. The molecular formula is C16H27N3O. The van der Waals surface area contributed by atoms with E-state index < -0.39 is 0 Å². The Morgan fingerprint density at radius 2 is 1.95 bits per heavy atom. The second kappa shape index (κ2) is 8.72. The number of carbonyl (C=O) groups is 1. The average molecular weight is 277 g/mol. The summed E-state index contributed by atoms with van der Waals surface area (Å²) >= 11 is 0. The number of benzene rings is 1. The van der Waals surface area contributed by atoms with E-state index in [1.54, 1.807) is 0 Å². The highest BCUT2D eigenvalue weighted by atomic mass is 16.1. The van der Waals surface area contributed by atoms with Crippen molar-refractivity contribution in [1.82, 2.24) is 10.2 Å². The molecule has 112 valence electrons. The highest BCUT2D eigenvalue weighted by Crippen LogP contribution is 2.18. The first-order valence-corrected chi connectivity index (χ1v) is 7.30. The summed E-state index contributed by atoms with van der Waals surface area (Å²) in [6.45, 7) is 3.33. The Morgan fingerprint density at radius 3 is 2.45 bits per heavy atom. The number of nitrogens with zero attached hydrogens (tertiary/aromatic N) is 1. The Morgan fingerprint density at radius 1 is 1.30 bits per heavy atom. The summed E-state index contributed by atoms with van der Waals surface area (Å²) in [5.74, 6) is 0.0764. The Kier molecular flexibility index (Phi) is 7.26. The second-order valence-electron chi connectivity index (χ2n) is 5.27. The van der Waals surface area contributed by atoms with Crippen molar-refractivity contribution in [1.29, 1.82) is 0 Å². The van der Waals surface area contributed by atoms with Crippen molar-refractivity contribution >= 4 is 5.91 Å². The molecule has 0 aliphatic carbocycles. The van der Waals surface area contributed by atoms with Crippen LogP contribution in [0.5, 0.6) is 0 Å². The molecule has 0 aliphatic rings. The number of likely N-dealkylation sites (N-methyl/N-ethyl adjacent to an activating group) is 1. The smallest absolute Gasteiger partial charge is 0.220 e. The molecule has 1 aromatic rings. The largest absolute Gasteiger partial charge is 0.354 e. The van der Waals surface area contributed by atoms with Crippen molar-refractivity contribution in [2.75, 3.05) is 27.2 Å². The van der Waals surface area contributed by atoms with Crippen LogP contribution in [0.2, 0.25) is 0 Å². The summed E-state index contributed by atoms with van der Waals surface area (Å²) in [5.41, 5.74) is 7.97. The maximum atomic E-state index is 11.7. The van der Waals surface area contributed by atoms with Crippen molar-refractivity contribution in [2.45, 2.75) is 32.2 Å². The topological polar surface area (TPSA) is 58.4 Å². The minimum Gasteiger partial charge on any atom is -0.354 e. The first-order valence-electron chi connectivity index (χ1n) is 7.30. The number of hydrogen-bond donors (Lipinski definition) is 2. The summed E-state index contributed by atoms with van der Waals surface area (Å²) in [6, 6.07) is 8.80. The molecule has 0 bridgehead atoms. The minimum absolute atomic E-state index is 0.0764. The second-order valence-corrected chi connectivity index (χ2v) is 5.27. The van der Waals surface area contributed by atoms with Crippen LogP contribution in [0.1, 0.15) is 36.9 Å². The van der Waals surface area contributed by atoms with Gasteiger partial charge in [-0.2, -0.15) is 0 Å². The summed E-state index contributed by atoms with van der Waals surface area (Å²) in [6.07, 6.45) is 2.29. The molecule has 1 aromatic carbocycles. The van der Waals surface area contributed by atoms with Gasteiger partial charge in [-0.15, -0.1) is 0 Å². The van der Waals surface area contributed by atoms with Gasteiger partial charge in [0.25, 0.3) is 0 Å². The number of nitrogens with one attached hydrogen (secondary N) is 1. The van der Waals surface area contributed by atoms with E-state index in [2.05, 4.69) is 41.4 Å². The number of nitrogens with two attached hydrogens (primary N) is 1. The van der Waals surface area contributed by atoms with E-state index in [9.17, 15) is 4.79 Å². The molecule has 0 saturated carbocycles. The molecule has 0 aliphatic heterocycles. The van der Waals surface area contributed by atoms with Gasteiger partial charge in [-0.3, -0.25) is 4.79 Å². The maximum Gasteiger partial charge on any atom is 0.220 e. The Hall–Kier alpha value is -1.39. The molecule has 0 radical (unpaired) electrons. The van der Waals surface area contributed by atoms with Crippen LogP contribution < -0.4 is 11.1 Å². The Labute approximate surface area is 122 Å². The first-order chi connectivity index (χ1) is 9.58. The lowest BCUT2D eigenvalue weighted by Crippen LogP contribution is -2.34. The van der Waals surface area contributed by atoms with Crippen molar-refractivity contribution in [3.63, 3.8) is 0 Å². The van der Waals surface area contributed by atoms with Crippen LogP contribution in [-0.4, -0.2) is 38.0 Å². The zero-order chi connectivity index (χ0) is 15.0. The fourth-order valence-electron chi connectivity index (χ4n) is 2.14. The molecule has 4 nitrogen and oxygen atoms in total. The van der Waals surface area contributed by atoms with E-state index in [4.69, 9.17) is 5.73 Å². The van der Waals surface area contributed by atoms with Gasteiger partial charge in [0, 0.05) is 13.0 Å². The van der Waals surface area contributed by atoms with Gasteiger partial charge in [-0.1, -0.05) is 31.2 Å². The fourth-order valence-corrected chi connectivity index (χ4v) is 2.14. The molecular weight excluding hydrogens is 250 g/mol. The minimum atomic E-state index is 0.0764. The van der Waals surface area contributed by atoms with E-state index in [1.165, 1.54) is 11.1 Å². The molecule has 0 saturated heterocycles. The standard InChI is InChI=1S/C16H27N3O/c1-4-13-7-9-14(10-8-13)15(19(2)3)12-18-16(20)6-5-11-17/h7-10,15H,4-6,11-12,17H2,1-3H3,(H,18,20). The molecule has 3 N–H and O–H groups in total. The number of aryl methyl sites for hydroxylation is 1. The lowest BCUT2D eigenvalue weighted by Gasteiger charge is -2.25. The summed E-state index contributed by atoms with van der Waals surface area (Å²) in [5, 5.41) is 2.99. The zero-order valence-electron chi connectivity index (χ0n) is 12.9. The maximum absolute atomic E-state index is 11.7. The lowest BCUT2D eigenvalue weighted by atomic mass is 10.0. The molecule has 20 heavy (non-hydrogen) atoms. The number of rotatable bonds is 8. The molecule has 0 heterocycles. The van der Waals surface area contributed by atoms with Crippen LogP contribution in [0, 0.1) is 0 Å². The average Bonchev–Trinajstić information content (AvgIpc) is 2.45. The zero-order valence-corrected chi connectivity index (χ0v) is 12.9. The molecule has 1 atom stereocenters. The van der Waals surface area contributed by atoms with E-state index in [0.717, 1.165) is 12.8 Å². The number of carbonyl (C=O) groups excluding carboxylic acids is 1. The monoisotopic (exact) mass is 277 g/mol. The van der Waals surface area contributed by atoms with E-state index in [0.29, 0.717) is 19.5 Å². The molecule has 0 spiro atoms. The van der Waals surface area contributed by atoms with Crippen LogP contribution in [0.15, 0.2) is 24.3 Å². The van der Waals surface area contributed by atoms with Gasteiger partial charge in [0.2, 0.25) is 5.91 Å². The molecule has 1 amide bonds. The predicted octanol–water partition coefficient (Wildman–Crippen LogP) is 1.71. The third-order valence-electron chi connectivity index (χ3n) is 3.50. The van der Waals surface area contributed by atoms with Gasteiger partial charge >= 0.3 is 0 Å². The Bertz CT molecular complexity index is 401. The lowest BCUT2D eigenvalue weighted by molar-refractivity contribution is -0.121. The molecule has 1 rings (SSSR count). The quantitative estimate of drug-likeness (QED) is 0.760. The molecule has 4 heteroatoms. The van der Waals surface area contributed by atoms with Crippen LogP contribution in [0.25, 0.3) is 0 Å². The summed E-state index contributed by atoms with van der Waals surface area (Å²) in [4.78, 5) is 13.8. The van der Waals surface area contributed by atoms with Gasteiger partial charge in [0.1, 0.15) is 0 Å². The first kappa shape index (κ1) is 16.7. The van der Waals surface area contributed by atoms with Gasteiger partial charge in [0.15, 0.2) is 0 Å². The third-order valence-corrected chi connectivity index (χ3v) is 3.50. The molecule has 0 aromatic heterocycles.